The number of rotatable bonds is 4. The fraction of sp³-hybridized carbons (Fsp3) is 0.444. The van der Waals surface area contributed by atoms with Gasteiger partial charge in [-0.15, -0.1) is 0 Å². The van der Waals surface area contributed by atoms with Crippen molar-refractivity contribution >= 4 is 21.8 Å². The summed E-state index contributed by atoms with van der Waals surface area (Å²) in [5.74, 6) is -0.278. The molecule has 1 unspecified atom stereocenters. The van der Waals surface area contributed by atoms with Crippen LogP contribution in [0.3, 0.4) is 0 Å². The number of aromatic amines is 1. The molecule has 1 atom stereocenters. The predicted octanol–water partition coefficient (Wildman–Crippen LogP) is 0.673. The Labute approximate surface area is 95.4 Å². The number of hydrogen-bond donors (Lipinski definition) is 2. The zero-order valence-corrected chi connectivity index (χ0v) is 9.87. The van der Waals surface area contributed by atoms with E-state index in [0.29, 0.717) is 0 Å². The maximum absolute atomic E-state index is 11.5. The van der Waals surface area contributed by atoms with Crippen LogP contribution in [0.5, 0.6) is 0 Å². The molecule has 82 valence electrons. The van der Waals surface area contributed by atoms with Crippen LogP contribution in [0.15, 0.2) is 16.9 Å². The van der Waals surface area contributed by atoms with Gasteiger partial charge in [0, 0.05) is 17.4 Å². The van der Waals surface area contributed by atoms with Crippen LogP contribution in [0.25, 0.3) is 0 Å². The topological polar surface area (TPSA) is 74.8 Å². The molecule has 0 bridgehead atoms. The first kappa shape index (κ1) is 11.9. The van der Waals surface area contributed by atoms with Gasteiger partial charge in [0.2, 0.25) is 0 Å². The lowest BCUT2D eigenvalue weighted by Crippen LogP contribution is -2.33. The van der Waals surface area contributed by atoms with E-state index in [0.717, 1.165) is 11.8 Å². The number of hydrogen-bond acceptors (Lipinski definition) is 3. The standard InChI is InChI=1S/C9H12BrN3O2/c1-6(4-5-10)11-9(15)7-2-3-8(14)13-12-7/h2-3,6H,4-5H2,1H3,(H,11,15)(H,13,14). The van der Waals surface area contributed by atoms with Crippen molar-refractivity contribution < 1.29 is 4.79 Å². The van der Waals surface area contributed by atoms with Crippen LogP contribution in [-0.2, 0) is 0 Å². The van der Waals surface area contributed by atoms with Crippen molar-refractivity contribution in [2.24, 2.45) is 0 Å². The molecular formula is C9H12BrN3O2. The maximum Gasteiger partial charge on any atom is 0.271 e. The zero-order chi connectivity index (χ0) is 11.3. The molecule has 0 aliphatic carbocycles. The van der Waals surface area contributed by atoms with Gasteiger partial charge in [-0.05, 0) is 19.4 Å². The SMILES string of the molecule is CC(CCBr)NC(=O)c1ccc(=O)[nH]n1. The van der Waals surface area contributed by atoms with Crippen molar-refractivity contribution in [3.05, 3.63) is 28.2 Å². The summed E-state index contributed by atoms with van der Waals surface area (Å²) in [6.45, 7) is 1.91. The molecule has 6 heteroatoms. The van der Waals surface area contributed by atoms with Crippen molar-refractivity contribution in [2.45, 2.75) is 19.4 Å². The Morgan fingerprint density at radius 2 is 2.40 bits per heavy atom. The molecule has 1 amide bonds. The van der Waals surface area contributed by atoms with Gasteiger partial charge in [-0.2, -0.15) is 5.10 Å². The molecule has 1 rings (SSSR count). The second kappa shape index (κ2) is 5.65. The van der Waals surface area contributed by atoms with Crippen molar-refractivity contribution in [1.29, 1.82) is 0 Å². The van der Waals surface area contributed by atoms with Gasteiger partial charge in [-0.25, -0.2) is 5.10 Å². The summed E-state index contributed by atoms with van der Waals surface area (Å²) in [4.78, 5) is 22.2. The Morgan fingerprint density at radius 1 is 1.67 bits per heavy atom. The summed E-state index contributed by atoms with van der Waals surface area (Å²) in [6, 6.07) is 2.75. The van der Waals surface area contributed by atoms with E-state index in [2.05, 4.69) is 31.4 Å². The number of H-pyrrole nitrogens is 1. The van der Waals surface area contributed by atoms with Crippen LogP contribution < -0.4 is 10.9 Å². The van der Waals surface area contributed by atoms with Crippen molar-refractivity contribution in [3.63, 3.8) is 0 Å². The van der Waals surface area contributed by atoms with E-state index in [1.807, 2.05) is 6.92 Å². The van der Waals surface area contributed by atoms with Gasteiger partial charge >= 0.3 is 0 Å². The highest BCUT2D eigenvalue weighted by molar-refractivity contribution is 9.09. The number of aromatic nitrogens is 2. The van der Waals surface area contributed by atoms with Crippen molar-refractivity contribution in [3.8, 4) is 0 Å². The first-order valence-corrected chi connectivity index (χ1v) is 5.68. The summed E-state index contributed by atoms with van der Waals surface area (Å²) in [7, 11) is 0. The summed E-state index contributed by atoms with van der Waals surface area (Å²) >= 11 is 3.29. The molecule has 0 aliphatic heterocycles. The molecule has 0 saturated heterocycles. The number of nitrogens with one attached hydrogen (secondary N) is 2. The summed E-state index contributed by atoms with van der Waals surface area (Å²) in [5, 5.41) is 9.43. The molecule has 1 heterocycles. The normalized spacial score (nSPS) is 12.1. The highest BCUT2D eigenvalue weighted by Crippen LogP contribution is 1.97. The highest BCUT2D eigenvalue weighted by Gasteiger charge is 2.10. The number of amides is 1. The van der Waals surface area contributed by atoms with Gasteiger partial charge in [-0.1, -0.05) is 15.9 Å². The highest BCUT2D eigenvalue weighted by atomic mass is 79.9. The second-order valence-corrected chi connectivity index (χ2v) is 3.95. The number of carbonyl (C=O) groups excluding carboxylic acids is 1. The van der Waals surface area contributed by atoms with Crippen LogP contribution in [0, 0.1) is 0 Å². The van der Waals surface area contributed by atoms with E-state index < -0.39 is 0 Å². The van der Waals surface area contributed by atoms with Crippen molar-refractivity contribution in [2.75, 3.05) is 5.33 Å². The Kier molecular flexibility index (Phi) is 4.48. The van der Waals surface area contributed by atoms with Crippen LogP contribution in [-0.4, -0.2) is 27.5 Å². The molecule has 1 aromatic heterocycles. The molecule has 15 heavy (non-hydrogen) atoms. The third-order valence-corrected chi connectivity index (χ3v) is 2.29. The first-order valence-electron chi connectivity index (χ1n) is 4.56. The maximum atomic E-state index is 11.5. The van der Waals surface area contributed by atoms with Crippen LogP contribution in [0.2, 0.25) is 0 Å². The number of halogens is 1. The Balaban J connectivity index is 2.61. The van der Waals surface area contributed by atoms with Gasteiger partial charge in [0.05, 0.1) is 0 Å². The van der Waals surface area contributed by atoms with E-state index >= 15 is 0 Å². The summed E-state index contributed by atoms with van der Waals surface area (Å²) in [5.41, 5.74) is -0.101. The molecule has 0 radical (unpaired) electrons. The van der Waals surface area contributed by atoms with Crippen LogP contribution in [0.4, 0.5) is 0 Å². The Bertz CT molecular complexity index is 371. The lowest BCUT2D eigenvalue weighted by molar-refractivity contribution is 0.0933. The molecule has 5 nitrogen and oxygen atoms in total. The monoisotopic (exact) mass is 273 g/mol. The molecular weight excluding hydrogens is 262 g/mol. The van der Waals surface area contributed by atoms with Crippen LogP contribution >= 0.6 is 15.9 Å². The molecule has 0 spiro atoms. The largest absolute Gasteiger partial charge is 0.348 e. The van der Waals surface area contributed by atoms with E-state index in [1.165, 1.54) is 12.1 Å². The Hall–Kier alpha value is -1.17. The second-order valence-electron chi connectivity index (χ2n) is 3.16. The molecule has 0 aromatic carbocycles. The minimum Gasteiger partial charge on any atom is -0.348 e. The lowest BCUT2D eigenvalue weighted by atomic mass is 10.2. The zero-order valence-electron chi connectivity index (χ0n) is 8.29. The van der Waals surface area contributed by atoms with E-state index in [1.54, 1.807) is 0 Å². The van der Waals surface area contributed by atoms with Gasteiger partial charge in [-0.3, -0.25) is 9.59 Å². The van der Waals surface area contributed by atoms with Gasteiger partial charge in [0.25, 0.3) is 11.5 Å². The minimum atomic E-state index is -0.319. The minimum absolute atomic E-state index is 0.0746. The van der Waals surface area contributed by atoms with E-state index in [-0.39, 0.29) is 23.2 Å². The third-order valence-electron chi connectivity index (χ3n) is 1.83. The average Bonchev–Trinajstić information content (AvgIpc) is 2.18. The summed E-state index contributed by atoms with van der Waals surface area (Å²) in [6.07, 6.45) is 0.842. The molecule has 0 aliphatic rings. The quantitative estimate of drug-likeness (QED) is 0.792. The van der Waals surface area contributed by atoms with Crippen LogP contribution in [0.1, 0.15) is 23.8 Å². The summed E-state index contributed by atoms with van der Waals surface area (Å²) < 4.78 is 0. The molecule has 1 aromatic rings. The van der Waals surface area contributed by atoms with Gasteiger partial charge in [0.15, 0.2) is 0 Å². The van der Waals surface area contributed by atoms with E-state index in [4.69, 9.17) is 0 Å². The fourth-order valence-corrected chi connectivity index (χ4v) is 1.69. The predicted molar refractivity (Wildman–Crippen MR) is 60.2 cm³/mol. The molecule has 0 fully saturated rings. The number of nitrogens with zero attached hydrogens (tertiary/aromatic N) is 1. The van der Waals surface area contributed by atoms with Gasteiger partial charge < -0.3 is 5.32 Å². The average molecular weight is 274 g/mol. The lowest BCUT2D eigenvalue weighted by Gasteiger charge is -2.11. The smallest absolute Gasteiger partial charge is 0.271 e. The number of alkyl halides is 1. The fourth-order valence-electron chi connectivity index (χ4n) is 1.00. The Morgan fingerprint density at radius 3 is 2.93 bits per heavy atom. The molecule has 0 saturated carbocycles. The first-order chi connectivity index (χ1) is 7.13. The van der Waals surface area contributed by atoms with E-state index in [9.17, 15) is 9.59 Å². The molecule has 2 N–H and O–H groups in total. The van der Waals surface area contributed by atoms with Gasteiger partial charge in [0.1, 0.15) is 5.69 Å². The third kappa shape index (κ3) is 3.83. The van der Waals surface area contributed by atoms with Crippen molar-refractivity contribution in [1.82, 2.24) is 15.5 Å². The number of carbonyl (C=O) groups is 1.